The summed E-state index contributed by atoms with van der Waals surface area (Å²) in [5, 5.41) is 5.21. The van der Waals surface area contributed by atoms with Gasteiger partial charge in [0.1, 0.15) is 13.5 Å². The Balaban J connectivity index is 2.74. The Morgan fingerprint density at radius 2 is 2.12 bits per heavy atom. The molecule has 7 heteroatoms. The highest BCUT2D eigenvalue weighted by atomic mass is 15.5. The molecule has 1 heterocycles. The van der Waals surface area contributed by atoms with Crippen molar-refractivity contribution >= 4 is 19.1 Å². The molecule has 0 aromatic carbocycles. The summed E-state index contributed by atoms with van der Waals surface area (Å²) in [7, 11) is 5.94. The standard InChI is InChI=1S/C10H19BN6/c1-16(2)5-6-17(13)10(15-12)9-4-3-8(11)7-14-9/h3-4,7H,5-6,11-13H2,1-2H3/b15-10-. The molecule has 0 radical (unpaired) electrons. The average Bonchev–Trinajstić information content (AvgIpc) is 2.30. The first-order valence-electron chi connectivity index (χ1n) is 5.42. The van der Waals surface area contributed by atoms with Gasteiger partial charge in [-0.3, -0.25) is 9.99 Å². The number of hydrazone groups is 1. The van der Waals surface area contributed by atoms with Gasteiger partial charge in [0.2, 0.25) is 0 Å². The van der Waals surface area contributed by atoms with Crippen LogP contribution in [0, 0.1) is 0 Å². The van der Waals surface area contributed by atoms with Crippen molar-refractivity contribution in [3.63, 3.8) is 0 Å². The van der Waals surface area contributed by atoms with E-state index in [4.69, 9.17) is 11.7 Å². The van der Waals surface area contributed by atoms with E-state index in [0.29, 0.717) is 18.1 Å². The molecule has 92 valence electrons. The molecular weight excluding hydrogens is 215 g/mol. The topological polar surface area (TPSA) is 83.8 Å². The molecule has 0 amide bonds. The zero-order chi connectivity index (χ0) is 12.8. The van der Waals surface area contributed by atoms with Crippen molar-refractivity contribution in [2.45, 2.75) is 0 Å². The second-order valence-electron chi connectivity index (χ2n) is 4.17. The number of hydrazine groups is 1. The summed E-state index contributed by atoms with van der Waals surface area (Å²) in [6.45, 7) is 1.46. The molecule has 1 aromatic rings. The molecule has 0 aliphatic rings. The number of likely N-dealkylation sites (N-methyl/N-ethyl adjacent to an activating group) is 1. The minimum Gasteiger partial charge on any atom is -0.321 e. The van der Waals surface area contributed by atoms with Crippen molar-refractivity contribution in [2.24, 2.45) is 16.8 Å². The molecule has 0 atom stereocenters. The van der Waals surface area contributed by atoms with Crippen molar-refractivity contribution in [3.8, 4) is 0 Å². The lowest BCUT2D eigenvalue weighted by Gasteiger charge is -2.21. The van der Waals surface area contributed by atoms with Crippen molar-refractivity contribution in [2.75, 3.05) is 27.2 Å². The van der Waals surface area contributed by atoms with Gasteiger partial charge in [-0.25, -0.2) is 5.84 Å². The van der Waals surface area contributed by atoms with Gasteiger partial charge in [-0.1, -0.05) is 11.5 Å². The third-order valence-corrected chi connectivity index (χ3v) is 2.32. The number of aromatic nitrogens is 1. The lowest BCUT2D eigenvalue weighted by Crippen LogP contribution is -2.43. The zero-order valence-corrected chi connectivity index (χ0v) is 10.6. The Bertz CT molecular complexity index is 375. The van der Waals surface area contributed by atoms with Crippen LogP contribution in [-0.2, 0) is 0 Å². The summed E-state index contributed by atoms with van der Waals surface area (Å²) in [5.74, 6) is 11.8. The summed E-state index contributed by atoms with van der Waals surface area (Å²) in [5.41, 5.74) is 1.77. The van der Waals surface area contributed by atoms with Gasteiger partial charge < -0.3 is 10.7 Å². The number of hydrogen-bond acceptors (Lipinski definition) is 5. The number of nitrogens with two attached hydrogens (primary N) is 2. The van der Waals surface area contributed by atoms with Crippen LogP contribution < -0.4 is 17.1 Å². The maximum atomic E-state index is 5.90. The monoisotopic (exact) mass is 234 g/mol. The third kappa shape index (κ3) is 4.05. The molecule has 6 nitrogen and oxygen atoms in total. The van der Waals surface area contributed by atoms with Crippen LogP contribution in [0.4, 0.5) is 0 Å². The molecule has 0 fully saturated rings. The number of rotatable bonds is 4. The lowest BCUT2D eigenvalue weighted by molar-refractivity contribution is 0.335. The smallest absolute Gasteiger partial charge is 0.188 e. The van der Waals surface area contributed by atoms with E-state index in [1.807, 2.05) is 39.0 Å². The van der Waals surface area contributed by atoms with E-state index in [2.05, 4.69) is 10.1 Å². The molecule has 0 saturated heterocycles. The minimum atomic E-state index is 0.492. The van der Waals surface area contributed by atoms with Crippen molar-refractivity contribution in [1.29, 1.82) is 0 Å². The molecule has 0 aliphatic carbocycles. The highest BCUT2D eigenvalue weighted by Crippen LogP contribution is 1.97. The Hall–Kier alpha value is -1.60. The van der Waals surface area contributed by atoms with Crippen LogP contribution in [-0.4, -0.2) is 55.8 Å². The predicted octanol–water partition coefficient (Wildman–Crippen LogP) is -2.30. The fourth-order valence-corrected chi connectivity index (χ4v) is 1.30. The van der Waals surface area contributed by atoms with Crippen LogP contribution in [0.25, 0.3) is 0 Å². The van der Waals surface area contributed by atoms with E-state index in [0.717, 1.165) is 12.0 Å². The van der Waals surface area contributed by atoms with Gasteiger partial charge >= 0.3 is 0 Å². The highest BCUT2D eigenvalue weighted by Gasteiger charge is 2.11. The van der Waals surface area contributed by atoms with Gasteiger partial charge in [-0.2, -0.15) is 5.10 Å². The summed E-state index contributed by atoms with van der Waals surface area (Å²) in [4.78, 5) is 6.29. The van der Waals surface area contributed by atoms with Gasteiger partial charge in [0, 0.05) is 19.3 Å². The van der Waals surface area contributed by atoms with Gasteiger partial charge in [0.05, 0.1) is 0 Å². The van der Waals surface area contributed by atoms with Crippen LogP contribution in [0.15, 0.2) is 23.4 Å². The predicted molar refractivity (Wildman–Crippen MR) is 72.6 cm³/mol. The van der Waals surface area contributed by atoms with E-state index in [1.54, 1.807) is 6.20 Å². The molecule has 17 heavy (non-hydrogen) atoms. The van der Waals surface area contributed by atoms with Gasteiger partial charge in [0.25, 0.3) is 0 Å². The van der Waals surface area contributed by atoms with E-state index < -0.39 is 0 Å². The normalized spacial score (nSPS) is 11.9. The Morgan fingerprint density at radius 3 is 2.59 bits per heavy atom. The van der Waals surface area contributed by atoms with Crippen LogP contribution in [0.3, 0.4) is 0 Å². The third-order valence-electron chi connectivity index (χ3n) is 2.32. The number of pyridine rings is 1. The molecule has 1 rings (SSSR count). The maximum Gasteiger partial charge on any atom is 0.188 e. The number of hydrogen-bond donors (Lipinski definition) is 2. The summed E-state index contributed by atoms with van der Waals surface area (Å²) < 4.78 is 0. The van der Waals surface area contributed by atoms with E-state index in [-0.39, 0.29) is 0 Å². The number of amidine groups is 1. The van der Waals surface area contributed by atoms with Crippen molar-refractivity contribution < 1.29 is 0 Å². The molecule has 0 aliphatic heterocycles. The van der Waals surface area contributed by atoms with Gasteiger partial charge in [0.15, 0.2) is 5.84 Å². The summed E-state index contributed by atoms with van der Waals surface area (Å²) in [6, 6.07) is 3.81. The molecule has 0 bridgehead atoms. The molecule has 0 spiro atoms. The average molecular weight is 234 g/mol. The fourth-order valence-electron chi connectivity index (χ4n) is 1.30. The molecule has 4 N–H and O–H groups in total. The first-order valence-corrected chi connectivity index (χ1v) is 5.42. The summed E-state index contributed by atoms with van der Waals surface area (Å²) in [6.07, 6.45) is 1.76. The fraction of sp³-hybridized carbons (Fsp3) is 0.400. The van der Waals surface area contributed by atoms with Crippen LogP contribution in [0.5, 0.6) is 0 Å². The number of nitrogens with zero attached hydrogens (tertiary/aromatic N) is 4. The highest BCUT2D eigenvalue weighted by molar-refractivity contribution is 6.32. The van der Waals surface area contributed by atoms with E-state index in [1.165, 1.54) is 5.01 Å². The van der Waals surface area contributed by atoms with Crippen LogP contribution in [0.1, 0.15) is 5.69 Å². The van der Waals surface area contributed by atoms with Crippen molar-refractivity contribution in [1.82, 2.24) is 14.9 Å². The first-order chi connectivity index (χ1) is 8.04. The van der Waals surface area contributed by atoms with Gasteiger partial charge in [-0.05, 0) is 20.2 Å². The van der Waals surface area contributed by atoms with Gasteiger partial charge in [-0.15, -0.1) is 0 Å². The minimum absolute atomic E-state index is 0.492. The quantitative estimate of drug-likeness (QED) is 0.201. The molecule has 0 unspecified atom stereocenters. The van der Waals surface area contributed by atoms with E-state index >= 15 is 0 Å². The molecule has 0 saturated carbocycles. The van der Waals surface area contributed by atoms with Crippen LogP contribution >= 0.6 is 0 Å². The van der Waals surface area contributed by atoms with E-state index in [9.17, 15) is 0 Å². The zero-order valence-electron chi connectivity index (χ0n) is 10.6. The van der Waals surface area contributed by atoms with Crippen LogP contribution in [0.2, 0.25) is 0 Å². The SMILES string of the molecule is Bc1ccc(/C(=N/N)N(N)CCN(C)C)nc1. The Morgan fingerprint density at radius 1 is 1.41 bits per heavy atom. The molecular formula is C10H19BN6. The first kappa shape index (κ1) is 13.5. The molecule has 1 aromatic heterocycles. The summed E-state index contributed by atoms with van der Waals surface area (Å²) >= 11 is 0. The second kappa shape index (κ2) is 6.22. The largest absolute Gasteiger partial charge is 0.321 e. The van der Waals surface area contributed by atoms with Crippen molar-refractivity contribution in [3.05, 3.63) is 24.0 Å². The Labute approximate surface area is 103 Å². The maximum absolute atomic E-state index is 5.90. The Kier molecular flexibility index (Phi) is 4.93. The second-order valence-corrected chi connectivity index (χ2v) is 4.17. The lowest BCUT2D eigenvalue weighted by atomic mass is 9.99.